The number of oxazole rings is 1. The molecule has 3 aromatic rings. The number of aromatic hydroxyl groups is 1. The highest BCUT2D eigenvalue weighted by atomic mass is 16.4. The van der Waals surface area contributed by atoms with Crippen molar-refractivity contribution in [2.24, 2.45) is 0 Å². The van der Waals surface area contributed by atoms with Crippen LogP contribution in [-0.4, -0.2) is 47.1 Å². The molecule has 128 valence electrons. The molecule has 1 aliphatic rings. The number of nitrogens with zero attached hydrogens (tertiary/aromatic N) is 3. The van der Waals surface area contributed by atoms with Crippen LogP contribution in [0, 0.1) is 6.92 Å². The van der Waals surface area contributed by atoms with Gasteiger partial charge in [0.15, 0.2) is 5.58 Å². The SMILES string of the molecule is Cc1ccc2oc(N3CCN(C(=O)c4cccc(O)c4)CC3)nc2c1. The molecule has 4 rings (SSSR count). The Balaban J connectivity index is 1.46. The summed E-state index contributed by atoms with van der Waals surface area (Å²) in [5.74, 6) is 0.0370. The fourth-order valence-electron chi connectivity index (χ4n) is 3.08. The van der Waals surface area contributed by atoms with Crippen LogP contribution in [-0.2, 0) is 0 Å². The lowest BCUT2D eigenvalue weighted by molar-refractivity contribution is 0.0744. The third-order valence-corrected chi connectivity index (χ3v) is 4.46. The van der Waals surface area contributed by atoms with Gasteiger partial charge < -0.3 is 19.3 Å². The second-order valence-electron chi connectivity index (χ2n) is 6.30. The average Bonchev–Trinajstić information content (AvgIpc) is 3.04. The molecule has 1 aromatic heterocycles. The summed E-state index contributed by atoms with van der Waals surface area (Å²) in [6, 6.07) is 13.0. The van der Waals surface area contributed by atoms with Gasteiger partial charge in [0.2, 0.25) is 0 Å². The molecular formula is C19H19N3O3. The third kappa shape index (κ3) is 3.03. The summed E-state index contributed by atoms with van der Waals surface area (Å²) in [6.07, 6.45) is 0. The molecule has 2 heterocycles. The van der Waals surface area contributed by atoms with Gasteiger partial charge in [0.25, 0.3) is 11.9 Å². The predicted molar refractivity (Wildman–Crippen MR) is 95.0 cm³/mol. The van der Waals surface area contributed by atoms with Gasteiger partial charge in [-0.1, -0.05) is 12.1 Å². The molecule has 0 bridgehead atoms. The Morgan fingerprint density at radius 3 is 2.68 bits per heavy atom. The topological polar surface area (TPSA) is 69.8 Å². The van der Waals surface area contributed by atoms with E-state index in [1.165, 1.54) is 6.07 Å². The first-order valence-electron chi connectivity index (χ1n) is 8.30. The van der Waals surface area contributed by atoms with Crippen LogP contribution in [0.15, 0.2) is 46.9 Å². The molecule has 0 atom stereocenters. The fourth-order valence-corrected chi connectivity index (χ4v) is 3.08. The van der Waals surface area contributed by atoms with Crippen LogP contribution in [0.1, 0.15) is 15.9 Å². The second kappa shape index (κ2) is 6.12. The zero-order valence-electron chi connectivity index (χ0n) is 14.0. The van der Waals surface area contributed by atoms with E-state index >= 15 is 0 Å². The summed E-state index contributed by atoms with van der Waals surface area (Å²) < 4.78 is 5.84. The molecule has 6 heteroatoms. The molecule has 1 aliphatic heterocycles. The highest BCUT2D eigenvalue weighted by Crippen LogP contribution is 2.24. The lowest BCUT2D eigenvalue weighted by atomic mass is 10.1. The van der Waals surface area contributed by atoms with Crippen LogP contribution in [0.2, 0.25) is 0 Å². The number of rotatable bonds is 2. The molecule has 1 N–H and O–H groups in total. The lowest BCUT2D eigenvalue weighted by Gasteiger charge is -2.33. The van der Waals surface area contributed by atoms with Crippen molar-refractivity contribution in [1.29, 1.82) is 0 Å². The maximum atomic E-state index is 12.5. The standard InChI is InChI=1S/C19H19N3O3/c1-13-5-6-17-16(11-13)20-19(25-17)22-9-7-21(8-10-22)18(24)14-3-2-4-15(23)12-14/h2-6,11-12,23H,7-10H2,1H3. The normalized spacial score (nSPS) is 14.9. The number of fused-ring (bicyclic) bond motifs is 1. The van der Waals surface area contributed by atoms with E-state index < -0.39 is 0 Å². The van der Waals surface area contributed by atoms with E-state index in [1.54, 1.807) is 23.1 Å². The van der Waals surface area contributed by atoms with Crippen LogP contribution in [0.4, 0.5) is 6.01 Å². The van der Waals surface area contributed by atoms with Gasteiger partial charge in [0, 0.05) is 31.7 Å². The van der Waals surface area contributed by atoms with Crippen molar-refractivity contribution in [1.82, 2.24) is 9.88 Å². The molecule has 0 spiro atoms. The second-order valence-corrected chi connectivity index (χ2v) is 6.30. The van der Waals surface area contributed by atoms with Gasteiger partial charge in [0.1, 0.15) is 11.3 Å². The summed E-state index contributed by atoms with van der Waals surface area (Å²) in [7, 11) is 0. The number of benzene rings is 2. The number of carbonyl (C=O) groups excluding carboxylic acids is 1. The minimum atomic E-state index is -0.0660. The van der Waals surface area contributed by atoms with Gasteiger partial charge in [-0.25, -0.2) is 0 Å². The van der Waals surface area contributed by atoms with Gasteiger partial charge in [-0.15, -0.1) is 0 Å². The number of phenolic OH excluding ortho intramolecular Hbond substituents is 1. The van der Waals surface area contributed by atoms with Crippen LogP contribution in [0.25, 0.3) is 11.1 Å². The van der Waals surface area contributed by atoms with E-state index in [1.807, 2.05) is 25.1 Å². The molecule has 2 aromatic carbocycles. The maximum absolute atomic E-state index is 12.5. The summed E-state index contributed by atoms with van der Waals surface area (Å²) in [4.78, 5) is 20.9. The molecule has 0 radical (unpaired) electrons. The molecule has 1 fully saturated rings. The number of piperazine rings is 1. The van der Waals surface area contributed by atoms with Crippen LogP contribution >= 0.6 is 0 Å². The van der Waals surface area contributed by atoms with Gasteiger partial charge in [-0.05, 0) is 42.8 Å². The quantitative estimate of drug-likeness (QED) is 0.779. The van der Waals surface area contributed by atoms with Crippen molar-refractivity contribution in [2.75, 3.05) is 31.1 Å². The fraction of sp³-hybridized carbons (Fsp3) is 0.263. The number of amides is 1. The van der Waals surface area contributed by atoms with Crippen LogP contribution < -0.4 is 4.90 Å². The largest absolute Gasteiger partial charge is 0.508 e. The third-order valence-electron chi connectivity index (χ3n) is 4.46. The van der Waals surface area contributed by atoms with Crippen molar-refractivity contribution >= 4 is 23.0 Å². The number of phenols is 1. The number of anilines is 1. The minimum Gasteiger partial charge on any atom is -0.508 e. The lowest BCUT2D eigenvalue weighted by Crippen LogP contribution is -2.48. The Kier molecular flexibility index (Phi) is 3.80. The highest BCUT2D eigenvalue weighted by molar-refractivity contribution is 5.94. The summed E-state index contributed by atoms with van der Waals surface area (Å²) in [5, 5.41) is 9.54. The Bertz CT molecular complexity index is 927. The van der Waals surface area contributed by atoms with E-state index in [0.717, 1.165) is 16.7 Å². The van der Waals surface area contributed by atoms with Crippen LogP contribution in [0.5, 0.6) is 5.75 Å². The molecule has 1 amide bonds. The van der Waals surface area contributed by atoms with E-state index in [4.69, 9.17) is 4.42 Å². The number of carbonyl (C=O) groups is 1. The Morgan fingerprint density at radius 1 is 1.12 bits per heavy atom. The van der Waals surface area contributed by atoms with E-state index in [9.17, 15) is 9.90 Å². The van der Waals surface area contributed by atoms with Gasteiger partial charge in [-0.2, -0.15) is 4.98 Å². The first kappa shape index (κ1) is 15.5. The van der Waals surface area contributed by atoms with Gasteiger partial charge in [0.05, 0.1) is 0 Å². The van der Waals surface area contributed by atoms with Gasteiger partial charge in [-0.3, -0.25) is 4.79 Å². The van der Waals surface area contributed by atoms with Crippen molar-refractivity contribution in [3.05, 3.63) is 53.6 Å². The van der Waals surface area contributed by atoms with E-state index in [0.29, 0.717) is 37.8 Å². The number of hydrogen-bond acceptors (Lipinski definition) is 5. The van der Waals surface area contributed by atoms with Crippen molar-refractivity contribution < 1.29 is 14.3 Å². The van der Waals surface area contributed by atoms with Crippen molar-refractivity contribution in [2.45, 2.75) is 6.92 Å². The minimum absolute atomic E-state index is 0.0660. The summed E-state index contributed by atoms with van der Waals surface area (Å²) >= 11 is 0. The molecule has 25 heavy (non-hydrogen) atoms. The number of aromatic nitrogens is 1. The first-order valence-corrected chi connectivity index (χ1v) is 8.30. The van der Waals surface area contributed by atoms with E-state index in [-0.39, 0.29) is 11.7 Å². The van der Waals surface area contributed by atoms with Crippen LogP contribution in [0.3, 0.4) is 0 Å². The maximum Gasteiger partial charge on any atom is 0.298 e. The molecule has 0 saturated carbocycles. The first-order chi connectivity index (χ1) is 12.1. The van der Waals surface area contributed by atoms with Crippen molar-refractivity contribution in [3.63, 3.8) is 0 Å². The monoisotopic (exact) mass is 337 g/mol. The zero-order valence-corrected chi connectivity index (χ0v) is 14.0. The van der Waals surface area contributed by atoms with E-state index in [2.05, 4.69) is 9.88 Å². The highest BCUT2D eigenvalue weighted by Gasteiger charge is 2.25. The molecular weight excluding hydrogens is 318 g/mol. The number of hydrogen-bond donors (Lipinski definition) is 1. The van der Waals surface area contributed by atoms with Gasteiger partial charge >= 0.3 is 0 Å². The summed E-state index contributed by atoms with van der Waals surface area (Å²) in [5.41, 5.74) is 3.28. The zero-order chi connectivity index (χ0) is 17.4. The number of aryl methyl sites for hydroxylation is 1. The smallest absolute Gasteiger partial charge is 0.298 e. The Labute approximate surface area is 145 Å². The Hall–Kier alpha value is -3.02. The van der Waals surface area contributed by atoms with Crippen molar-refractivity contribution in [3.8, 4) is 5.75 Å². The molecule has 0 aliphatic carbocycles. The predicted octanol–water partition coefficient (Wildman–Crippen LogP) is 2.80. The molecule has 0 unspecified atom stereocenters. The summed E-state index contributed by atoms with van der Waals surface area (Å²) in [6.45, 7) is 4.53. The average molecular weight is 337 g/mol. The Morgan fingerprint density at radius 2 is 1.92 bits per heavy atom. The molecule has 6 nitrogen and oxygen atoms in total. The molecule has 1 saturated heterocycles.